The lowest BCUT2D eigenvalue weighted by Crippen LogP contribution is -2.26. The van der Waals surface area contributed by atoms with Crippen molar-refractivity contribution < 1.29 is 24.2 Å². The highest BCUT2D eigenvalue weighted by molar-refractivity contribution is 5.85. The van der Waals surface area contributed by atoms with Gasteiger partial charge in [0.1, 0.15) is 11.3 Å². The molecule has 0 aliphatic carbocycles. The lowest BCUT2D eigenvalue weighted by atomic mass is 10.0. The first kappa shape index (κ1) is 17.5. The predicted octanol–water partition coefficient (Wildman–Crippen LogP) is 1.64. The summed E-state index contributed by atoms with van der Waals surface area (Å²) in [6, 6.07) is 3.21. The van der Waals surface area contributed by atoms with Gasteiger partial charge >= 0.3 is 11.6 Å². The van der Waals surface area contributed by atoms with Gasteiger partial charge in [-0.15, -0.1) is 0 Å². The van der Waals surface area contributed by atoms with Crippen LogP contribution >= 0.6 is 0 Å². The number of rotatable bonds is 6. The zero-order valence-electron chi connectivity index (χ0n) is 13.5. The molecule has 0 saturated carbocycles. The molecule has 0 aliphatic rings. The van der Waals surface area contributed by atoms with Gasteiger partial charge in [-0.1, -0.05) is 0 Å². The minimum Gasteiger partial charge on any atom is -0.508 e. The SMILES string of the molecule is Cc1c(CCC(=O)NCCC(=O)O)c(=O)oc2c(C)c(O)ccc12. The number of nitrogens with one attached hydrogen (secondary N) is 1. The van der Waals surface area contributed by atoms with Crippen molar-refractivity contribution in [3.8, 4) is 5.75 Å². The molecular weight excluding hydrogens is 314 g/mol. The van der Waals surface area contributed by atoms with Gasteiger partial charge < -0.3 is 19.9 Å². The van der Waals surface area contributed by atoms with Crippen LogP contribution in [-0.2, 0) is 16.0 Å². The quantitative estimate of drug-likeness (QED) is 0.692. The first-order valence-corrected chi connectivity index (χ1v) is 7.54. The minimum atomic E-state index is -0.986. The Hall–Kier alpha value is -2.83. The van der Waals surface area contributed by atoms with Crippen LogP contribution in [0.5, 0.6) is 5.75 Å². The van der Waals surface area contributed by atoms with Gasteiger partial charge in [0.15, 0.2) is 0 Å². The van der Waals surface area contributed by atoms with Crippen LogP contribution in [0.4, 0.5) is 0 Å². The Kier molecular flexibility index (Phi) is 5.23. The number of carbonyl (C=O) groups excluding carboxylic acids is 1. The van der Waals surface area contributed by atoms with Gasteiger partial charge in [0.2, 0.25) is 5.91 Å². The van der Waals surface area contributed by atoms with E-state index in [0.717, 1.165) is 0 Å². The Morgan fingerprint density at radius 1 is 1.17 bits per heavy atom. The average molecular weight is 333 g/mol. The molecule has 0 bridgehead atoms. The molecule has 1 aromatic carbocycles. The molecule has 2 rings (SSSR count). The van der Waals surface area contributed by atoms with Crippen molar-refractivity contribution in [1.82, 2.24) is 5.32 Å². The first-order chi connectivity index (χ1) is 11.3. The van der Waals surface area contributed by atoms with Gasteiger partial charge in [-0.05, 0) is 38.0 Å². The number of aliphatic carboxylic acids is 1. The van der Waals surface area contributed by atoms with E-state index in [0.29, 0.717) is 27.7 Å². The molecule has 1 heterocycles. The molecular formula is C17H19NO6. The summed E-state index contributed by atoms with van der Waals surface area (Å²) >= 11 is 0. The highest BCUT2D eigenvalue weighted by atomic mass is 16.4. The molecule has 0 unspecified atom stereocenters. The Morgan fingerprint density at radius 3 is 2.54 bits per heavy atom. The van der Waals surface area contributed by atoms with Gasteiger partial charge in [-0.25, -0.2) is 4.79 Å². The van der Waals surface area contributed by atoms with E-state index in [9.17, 15) is 19.5 Å². The fourth-order valence-electron chi connectivity index (χ4n) is 2.50. The van der Waals surface area contributed by atoms with E-state index in [1.165, 1.54) is 6.07 Å². The van der Waals surface area contributed by atoms with Crippen LogP contribution in [-0.4, -0.2) is 28.6 Å². The normalized spacial score (nSPS) is 10.8. The number of phenols is 1. The van der Waals surface area contributed by atoms with E-state index in [-0.39, 0.29) is 37.5 Å². The third kappa shape index (κ3) is 3.73. The molecule has 0 radical (unpaired) electrons. The van der Waals surface area contributed by atoms with E-state index in [1.807, 2.05) is 0 Å². The van der Waals surface area contributed by atoms with Crippen molar-refractivity contribution >= 4 is 22.8 Å². The summed E-state index contributed by atoms with van der Waals surface area (Å²) in [5.41, 5.74) is 1.41. The van der Waals surface area contributed by atoms with Crippen molar-refractivity contribution in [3.05, 3.63) is 39.2 Å². The van der Waals surface area contributed by atoms with Crippen LogP contribution in [0.1, 0.15) is 29.5 Å². The third-order valence-electron chi connectivity index (χ3n) is 3.94. The van der Waals surface area contributed by atoms with Crippen LogP contribution in [0, 0.1) is 13.8 Å². The Balaban J connectivity index is 2.18. The van der Waals surface area contributed by atoms with Crippen LogP contribution in [0.15, 0.2) is 21.3 Å². The summed E-state index contributed by atoms with van der Waals surface area (Å²) in [6.07, 6.45) is 0.113. The van der Waals surface area contributed by atoms with E-state index in [2.05, 4.69) is 5.32 Å². The number of amides is 1. The number of hydrogen-bond acceptors (Lipinski definition) is 5. The van der Waals surface area contributed by atoms with Gasteiger partial charge in [0.25, 0.3) is 0 Å². The topological polar surface area (TPSA) is 117 Å². The van der Waals surface area contributed by atoms with Crippen molar-refractivity contribution in [2.24, 2.45) is 0 Å². The number of hydrogen-bond donors (Lipinski definition) is 3. The third-order valence-corrected chi connectivity index (χ3v) is 3.94. The van der Waals surface area contributed by atoms with E-state index in [1.54, 1.807) is 19.9 Å². The Labute approximate surface area is 137 Å². The molecule has 0 atom stereocenters. The van der Waals surface area contributed by atoms with Crippen molar-refractivity contribution in [3.63, 3.8) is 0 Å². The maximum absolute atomic E-state index is 12.2. The molecule has 0 fully saturated rings. The lowest BCUT2D eigenvalue weighted by Gasteiger charge is -2.10. The lowest BCUT2D eigenvalue weighted by molar-refractivity contribution is -0.136. The molecule has 0 aliphatic heterocycles. The molecule has 7 nitrogen and oxygen atoms in total. The van der Waals surface area contributed by atoms with Crippen LogP contribution in [0.2, 0.25) is 0 Å². The Bertz CT molecular complexity index is 852. The van der Waals surface area contributed by atoms with E-state index in [4.69, 9.17) is 9.52 Å². The van der Waals surface area contributed by atoms with Gasteiger partial charge in [-0.2, -0.15) is 0 Å². The largest absolute Gasteiger partial charge is 0.508 e. The maximum Gasteiger partial charge on any atom is 0.339 e. The monoisotopic (exact) mass is 333 g/mol. The van der Waals surface area contributed by atoms with Crippen LogP contribution in [0.25, 0.3) is 11.0 Å². The van der Waals surface area contributed by atoms with Crippen molar-refractivity contribution in [2.75, 3.05) is 6.54 Å². The number of phenolic OH excluding ortho intramolecular Hbond substituents is 1. The smallest absolute Gasteiger partial charge is 0.339 e. The number of carboxylic acid groups (broad SMARTS) is 1. The molecule has 1 amide bonds. The van der Waals surface area contributed by atoms with Crippen molar-refractivity contribution in [2.45, 2.75) is 33.1 Å². The number of benzene rings is 1. The van der Waals surface area contributed by atoms with Crippen LogP contribution in [0.3, 0.4) is 0 Å². The molecule has 1 aromatic heterocycles. The first-order valence-electron chi connectivity index (χ1n) is 7.54. The number of aryl methyl sites for hydroxylation is 2. The molecule has 3 N–H and O–H groups in total. The second kappa shape index (κ2) is 7.16. The standard InChI is InChI=1S/C17H19NO6/c1-9-11-3-5-13(19)10(2)16(11)24-17(23)12(9)4-6-14(20)18-8-7-15(21)22/h3,5,19H,4,6-8H2,1-2H3,(H,18,20)(H,21,22). The van der Waals surface area contributed by atoms with Crippen molar-refractivity contribution in [1.29, 1.82) is 0 Å². The summed E-state index contributed by atoms with van der Waals surface area (Å²) in [5, 5.41) is 21.4. The summed E-state index contributed by atoms with van der Waals surface area (Å²) in [4.78, 5) is 34.3. The summed E-state index contributed by atoms with van der Waals surface area (Å²) < 4.78 is 5.31. The summed E-state index contributed by atoms with van der Waals surface area (Å²) in [7, 11) is 0. The molecule has 2 aromatic rings. The maximum atomic E-state index is 12.2. The average Bonchev–Trinajstić information content (AvgIpc) is 2.51. The second-order valence-corrected chi connectivity index (χ2v) is 5.57. The van der Waals surface area contributed by atoms with E-state index < -0.39 is 11.6 Å². The highest BCUT2D eigenvalue weighted by Gasteiger charge is 2.15. The second-order valence-electron chi connectivity index (χ2n) is 5.57. The molecule has 0 saturated heterocycles. The molecule has 7 heteroatoms. The number of carbonyl (C=O) groups is 2. The fourth-order valence-corrected chi connectivity index (χ4v) is 2.50. The number of carboxylic acids is 1. The van der Waals surface area contributed by atoms with E-state index >= 15 is 0 Å². The van der Waals surface area contributed by atoms with Gasteiger partial charge in [0, 0.05) is 29.5 Å². The zero-order chi connectivity index (χ0) is 17.9. The molecule has 0 spiro atoms. The molecule has 128 valence electrons. The van der Waals surface area contributed by atoms with Crippen LogP contribution < -0.4 is 10.9 Å². The number of fused-ring (bicyclic) bond motifs is 1. The minimum absolute atomic E-state index is 0.0515. The predicted molar refractivity (Wildman–Crippen MR) is 87.2 cm³/mol. The number of aromatic hydroxyl groups is 1. The fraction of sp³-hybridized carbons (Fsp3) is 0.353. The summed E-state index contributed by atoms with van der Waals surface area (Å²) in [6.45, 7) is 3.49. The highest BCUT2D eigenvalue weighted by Crippen LogP contribution is 2.28. The Morgan fingerprint density at radius 2 is 1.88 bits per heavy atom. The zero-order valence-corrected chi connectivity index (χ0v) is 13.5. The molecule has 24 heavy (non-hydrogen) atoms. The van der Waals surface area contributed by atoms with Gasteiger partial charge in [0.05, 0.1) is 6.42 Å². The summed E-state index contributed by atoms with van der Waals surface area (Å²) in [5.74, 6) is -1.26. The van der Waals surface area contributed by atoms with Gasteiger partial charge in [-0.3, -0.25) is 9.59 Å².